The first-order valence-electron chi connectivity index (χ1n) is 11.2. The summed E-state index contributed by atoms with van der Waals surface area (Å²) in [7, 11) is 3.08. The second kappa shape index (κ2) is 8.53. The summed E-state index contributed by atoms with van der Waals surface area (Å²) < 4.78 is 33.6. The van der Waals surface area contributed by atoms with E-state index in [4.69, 9.17) is 28.1 Å². The summed E-state index contributed by atoms with van der Waals surface area (Å²) in [5.41, 5.74) is 1.20. The zero-order valence-electron chi connectivity index (χ0n) is 19.4. The van der Waals surface area contributed by atoms with Crippen molar-refractivity contribution < 1.29 is 32.9 Å². The van der Waals surface area contributed by atoms with Crippen LogP contribution in [0.2, 0.25) is 0 Å². The van der Waals surface area contributed by atoms with E-state index in [-0.39, 0.29) is 12.4 Å². The highest BCUT2D eigenvalue weighted by molar-refractivity contribution is 5.97. The Morgan fingerprint density at radius 2 is 1.78 bits per heavy atom. The van der Waals surface area contributed by atoms with Gasteiger partial charge in [-0.05, 0) is 54.1 Å². The number of ether oxygens (including phenoxy) is 5. The fourth-order valence-corrected chi connectivity index (χ4v) is 4.64. The Morgan fingerprint density at radius 1 is 0.972 bits per heavy atom. The van der Waals surface area contributed by atoms with Crippen LogP contribution < -0.4 is 34.6 Å². The molecule has 0 bridgehead atoms. The van der Waals surface area contributed by atoms with Gasteiger partial charge < -0.3 is 33.4 Å². The molecule has 0 spiro atoms. The Morgan fingerprint density at radius 3 is 2.56 bits per heavy atom. The maximum atomic E-state index is 13.6. The van der Waals surface area contributed by atoms with Crippen LogP contribution in [-0.4, -0.2) is 33.0 Å². The number of amides is 1. The maximum Gasteiger partial charge on any atom is 0.344 e. The number of benzene rings is 3. The molecule has 3 heterocycles. The van der Waals surface area contributed by atoms with E-state index in [1.54, 1.807) is 61.7 Å². The van der Waals surface area contributed by atoms with Gasteiger partial charge in [0, 0.05) is 5.69 Å². The molecule has 4 aromatic rings. The van der Waals surface area contributed by atoms with Gasteiger partial charge >= 0.3 is 5.63 Å². The summed E-state index contributed by atoms with van der Waals surface area (Å²) in [6.07, 6.45) is -1.07. The topological polar surface area (TPSA) is 105 Å². The lowest BCUT2D eigenvalue weighted by molar-refractivity contribution is -0.122. The molecule has 0 radical (unpaired) electrons. The molecule has 3 aromatic carbocycles. The predicted molar refractivity (Wildman–Crippen MR) is 129 cm³/mol. The molecular formula is C27H21NO8. The normalized spacial score (nSPS) is 17.4. The lowest BCUT2D eigenvalue weighted by Gasteiger charge is -2.20. The van der Waals surface area contributed by atoms with Gasteiger partial charge in [0.2, 0.25) is 12.5 Å². The van der Waals surface area contributed by atoms with Crippen molar-refractivity contribution >= 4 is 22.6 Å². The highest BCUT2D eigenvalue weighted by atomic mass is 16.7. The molecule has 9 nitrogen and oxygen atoms in total. The number of hydrogen-bond acceptors (Lipinski definition) is 8. The van der Waals surface area contributed by atoms with Crippen LogP contribution in [0.3, 0.4) is 0 Å². The Balaban J connectivity index is 1.48. The van der Waals surface area contributed by atoms with Crippen LogP contribution in [0.4, 0.5) is 5.69 Å². The van der Waals surface area contributed by atoms with Crippen molar-refractivity contribution in [3.05, 3.63) is 82.2 Å². The van der Waals surface area contributed by atoms with E-state index in [0.717, 1.165) is 0 Å². The Kier molecular flexibility index (Phi) is 5.18. The van der Waals surface area contributed by atoms with E-state index in [0.29, 0.717) is 51.0 Å². The van der Waals surface area contributed by atoms with Gasteiger partial charge in [0.05, 0.1) is 31.1 Å². The largest absolute Gasteiger partial charge is 0.497 e. The number of rotatable bonds is 5. The average molecular weight is 487 g/mol. The molecule has 1 N–H and O–H groups in total. The Hall–Kier alpha value is -4.66. The highest BCUT2D eigenvalue weighted by Crippen LogP contribution is 2.49. The predicted octanol–water partition coefficient (Wildman–Crippen LogP) is 4.07. The van der Waals surface area contributed by atoms with Crippen LogP contribution >= 0.6 is 0 Å². The molecule has 0 unspecified atom stereocenters. The van der Waals surface area contributed by atoms with Crippen molar-refractivity contribution in [1.29, 1.82) is 0 Å². The summed E-state index contributed by atoms with van der Waals surface area (Å²) in [6.45, 7) is 0.0427. The molecule has 1 amide bonds. The first-order valence-corrected chi connectivity index (χ1v) is 11.2. The fourth-order valence-electron chi connectivity index (χ4n) is 4.64. The third-order valence-corrected chi connectivity index (χ3v) is 6.31. The molecule has 0 saturated heterocycles. The molecule has 2 aliphatic heterocycles. The number of para-hydroxylation sites is 1. The second-order valence-electron chi connectivity index (χ2n) is 8.32. The van der Waals surface area contributed by atoms with E-state index >= 15 is 0 Å². The maximum absolute atomic E-state index is 13.6. The third-order valence-electron chi connectivity index (χ3n) is 6.31. The SMILES string of the molecule is COc1ccc(NC(=O)[C@H]2Oc3c(c(=O)oc4ccccc34)[C@H]2c2cc(OC)c3c(c2)OCO3)cc1. The number of carbonyl (C=O) groups excluding carboxylic acids is 1. The van der Waals surface area contributed by atoms with Crippen LogP contribution in [0.25, 0.3) is 11.0 Å². The second-order valence-corrected chi connectivity index (χ2v) is 8.32. The van der Waals surface area contributed by atoms with Gasteiger partial charge in [0.25, 0.3) is 5.91 Å². The van der Waals surface area contributed by atoms with Crippen molar-refractivity contribution in [3.63, 3.8) is 0 Å². The first kappa shape index (κ1) is 21.8. The number of fused-ring (bicyclic) bond motifs is 4. The summed E-state index contributed by atoms with van der Waals surface area (Å²) in [5, 5.41) is 3.48. The van der Waals surface area contributed by atoms with E-state index in [1.807, 2.05) is 6.07 Å². The molecule has 0 aliphatic carbocycles. The summed E-state index contributed by atoms with van der Waals surface area (Å²) in [4.78, 5) is 26.8. The molecular weight excluding hydrogens is 466 g/mol. The lowest BCUT2D eigenvalue weighted by atomic mass is 9.87. The summed E-state index contributed by atoms with van der Waals surface area (Å²) >= 11 is 0. The van der Waals surface area contributed by atoms with Gasteiger partial charge in [-0.3, -0.25) is 4.79 Å². The number of nitrogens with one attached hydrogen (secondary N) is 1. The molecule has 36 heavy (non-hydrogen) atoms. The number of methoxy groups -OCH3 is 2. The Bertz CT molecular complexity index is 1540. The zero-order chi connectivity index (χ0) is 24.8. The van der Waals surface area contributed by atoms with Gasteiger partial charge in [-0.15, -0.1) is 0 Å². The minimum absolute atomic E-state index is 0.0427. The first-order chi connectivity index (χ1) is 17.6. The molecule has 0 fully saturated rings. The molecule has 2 atom stereocenters. The van der Waals surface area contributed by atoms with Crippen molar-refractivity contribution in [2.75, 3.05) is 26.3 Å². The third kappa shape index (κ3) is 3.48. The van der Waals surface area contributed by atoms with Gasteiger partial charge in [0.1, 0.15) is 17.1 Å². The average Bonchev–Trinajstić information content (AvgIpc) is 3.54. The minimum Gasteiger partial charge on any atom is -0.497 e. The number of hydrogen-bond donors (Lipinski definition) is 1. The molecule has 2 aliphatic rings. The van der Waals surface area contributed by atoms with Crippen LogP contribution in [0, 0.1) is 0 Å². The molecule has 182 valence electrons. The summed E-state index contributed by atoms with van der Waals surface area (Å²) in [5.74, 6) is 1.10. The fraction of sp³-hybridized carbons (Fsp3) is 0.185. The quantitative estimate of drug-likeness (QED) is 0.420. The highest BCUT2D eigenvalue weighted by Gasteiger charge is 2.45. The summed E-state index contributed by atoms with van der Waals surface area (Å²) in [6, 6.07) is 17.4. The smallest absolute Gasteiger partial charge is 0.344 e. The van der Waals surface area contributed by atoms with Gasteiger partial charge in [-0.1, -0.05) is 12.1 Å². The number of anilines is 1. The van der Waals surface area contributed by atoms with E-state index < -0.39 is 23.6 Å². The van der Waals surface area contributed by atoms with Crippen molar-refractivity contribution in [3.8, 4) is 28.7 Å². The molecule has 0 saturated carbocycles. The van der Waals surface area contributed by atoms with E-state index in [9.17, 15) is 9.59 Å². The zero-order valence-corrected chi connectivity index (χ0v) is 19.4. The van der Waals surface area contributed by atoms with Crippen molar-refractivity contribution in [2.24, 2.45) is 0 Å². The lowest BCUT2D eigenvalue weighted by Crippen LogP contribution is -2.35. The van der Waals surface area contributed by atoms with Crippen LogP contribution in [-0.2, 0) is 4.79 Å². The van der Waals surface area contributed by atoms with Crippen LogP contribution in [0.5, 0.6) is 28.7 Å². The number of carbonyl (C=O) groups is 1. The minimum atomic E-state index is -1.07. The van der Waals surface area contributed by atoms with Crippen LogP contribution in [0.1, 0.15) is 17.0 Å². The molecule has 1 aromatic heterocycles. The monoisotopic (exact) mass is 487 g/mol. The Labute approximate surface area is 205 Å². The van der Waals surface area contributed by atoms with Gasteiger partial charge in [0.15, 0.2) is 17.6 Å². The molecule has 9 heteroatoms. The van der Waals surface area contributed by atoms with Gasteiger partial charge in [-0.2, -0.15) is 0 Å². The standard InChI is InChI=1S/C27H21NO8/c1-31-16-9-7-15(8-10-16)28-26(29)25-21(14-11-19(32-2)24-20(12-14)33-13-34-24)22-23(36-25)17-5-3-4-6-18(17)35-27(22)30/h3-12,21,25H,13H2,1-2H3,(H,28,29)/t21-,25+/m1/s1. The molecule has 6 rings (SSSR count). The van der Waals surface area contributed by atoms with E-state index in [1.165, 1.54) is 7.11 Å². The van der Waals surface area contributed by atoms with Crippen molar-refractivity contribution in [2.45, 2.75) is 12.0 Å². The van der Waals surface area contributed by atoms with Crippen LogP contribution in [0.15, 0.2) is 69.9 Å². The van der Waals surface area contributed by atoms with Crippen molar-refractivity contribution in [1.82, 2.24) is 0 Å². The van der Waals surface area contributed by atoms with E-state index in [2.05, 4.69) is 5.32 Å². The van der Waals surface area contributed by atoms with Gasteiger partial charge in [-0.25, -0.2) is 4.79 Å².